The van der Waals surface area contributed by atoms with Crippen LogP contribution in [0.15, 0.2) is 24.3 Å². The molecule has 2 aromatic rings. The molecular weight excluding hydrogens is 345 g/mol. The highest BCUT2D eigenvalue weighted by molar-refractivity contribution is 5.92. The Kier molecular flexibility index (Phi) is 4.68. The Bertz CT molecular complexity index is 820. The highest BCUT2D eigenvalue weighted by Crippen LogP contribution is 2.29. The van der Waals surface area contributed by atoms with Gasteiger partial charge in [-0.05, 0) is 31.0 Å². The Morgan fingerprint density at radius 1 is 1.08 bits per heavy atom. The average molecular weight is 366 g/mol. The van der Waals surface area contributed by atoms with Crippen LogP contribution >= 0.6 is 0 Å². The number of anilines is 1. The highest BCUT2D eigenvalue weighted by Gasteiger charge is 2.36. The third kappa shape index (κ3) is 3.54. The number of alkyl halides is 3. The maximum Gasteiger partial charge on any atom is 0.433 e. The topological polar surface area (TPSA) is 41.4 Å². The molecule has 1 aromatic carbocycles. The molecule has 1 fully saturated rings. The number of carbonyl (C=O) groups excluding carboxylic acids is 1. The number of aryl methyl sites for hydroxylation is 3. The molecule has 0 bridgehead atoms. The number of hydrogen-bond acceptors (Lipinski definition) is 3. The first-order valence-corrected chi connectivity index (χ1v) is 8.39. The van der Waals surface area contributed by atoms with Crippen LogP contribution < -0.4 is 4.90 Å². The van der Waals surface area contributed by atoms with E-state index in [-0.39, 0.29) is 5.69 Å². The Morgan fingerprint density at radius 2 is 1.73 bits per heavy atom. The third-order valence-corrected chi connectivity index (χ3v) is 4.66. The van der Waals surface area contributed by atoms with Gasteiger partial charge in [0.05, 0.1) is 0 Å². The van der Waals surface area contributed by atoms with Gasteiger partial charge in [-0.15, -0.1) is 0 Å². The number of halogens is 3. The van der Waals surface area contributed by atoms with Crippen LogP contribution in [0.3, 0.4) is 0 Å². The van der Waals surface area contributed by atoms with Crippen molar-refractivity contribution in [3.05, 3.63) is 46.8 Å². The molecule has 1 aliphatic heterocycles. The normalized spacial score (nSPS) is 15.5. The molecule has 1 aliphatic rings. The Balaban J connectivity index is 1.70. The van der Waals surface area contributed by atoms with Crippen LogP contribution in [0.1, 0.15) is 27.3 Å². The fourth-order valence-corrected chi connectivity index (χ4v) is 3.21. The molecule has 0 unspecified atom stereocenters. The lowest BCUT2D eigenvalue weighted by atomic mass is 10.1. The number of nitrogens with zero attached hydrogens (tertiary/aromatic N) is 4. The predicted molar refractivity (Wildman–Crippen MR) is 92.2 cm³/mol. The van der Waals surface area contributed by atoms with E-state index in [9.17, 15) is 18.0 Å². The van der Waals surface area contributed by atoms with Crippen molar-refractivity contribution in [1.82, 2.24) is 14.7 Å². The van der Waals surface area contributed by atoms with Crippen molar-refractivity contribution in [3.8, 4) is 0 Å². The van der Waals surface area contributed by atoms with Crippen LogP contribution in [0.2, 0.25) is 0 Å². The molecule has 5 nitrogen and oxygen atoms in total. The third-order valence-electron chi connectivity index (χ3n) is 4.66. The van der Waals surface area contributed by atoms with Crippen molar-refractivity contribution in [2.45, 2.75) is 20.0 Å². The molecule has 3 rings (SSSR count). The van der Waals surface area contributed by atoms with E-state index in [0.29, 0.717) is 30.9 Å². The summed E-state index contributed by atoms with van der Waals surface area (Å²) in [6.45, 7) is 6.24. The van der Waals surface area contributed by atoms with Gasteiger partial charge in [-0.3, -0.25) is 9.48 Å². The second-order valence-electron chi connectivity index (χ2n) is 6.61. The van der Waals surface area contributed by atoms with Crippen LogP contribution in [-0.2, 0) is 13.2 Å². The van der Waals surface area contributed by atoms with E-state index in [1.165, 1.54) is 7.05 Å². The molecule has 0 aliphatic carbocycles. The van der Waals surface area contributed by atoms with Gasteiger partial charge in [0.1, 0.15) is 5.69 Å². The molecule has 1 saturated heterocycles. The van der Waals surface area contributed by atoms with Crippen LogP contribution in [0.4, 0.5) is 18.9 Å². The summed E-state index contributed by atoms with van der Waals surface area (Å²) in [5.74, 6) is -0.461. The second-order valence-corrected chi connectivity index (χ2v) is 6.61. The summed E-state index contributed by atoms with van der Waals surface area (Å²) in [5.41, 5.74) is 2.37. The summed E-state index contributed by atoms with van der Waals surface area (Å²) >= 11 is 0. The molecule has 26 heavy (non-hydrogen) atoms. The summed E-state index contributed by atoms with van der Waals surface area (Å²) in [4.78, 5) is 16.3. The minimum atomic E-state index is -4.53. The summed E-state index contributed by atoms with van der Waals surface area (Å²) in [6, 6.07) is 7.05. The van der Waals surface area contributed by atoms with Gasteiger partial charge in [-0.1, -0.05) is 12.1 Å². The summed E-state index contributed by atoms with van der Waals surface area (Å²) < 4.78 is 39.4. The molecule has 0 saturated carbocycles. The number of aromatic nitrogens is 2. The SMILES string of the molecule is Cc1ccc(C)c(N2CCN(C(=O)c3cc(C(F)(F)F)n(C)n3)CC2)c1. The van der Waals surface area contributed by atoms with E-state index in [2.05, 4.69) is 28.2 Å². The van der Waals surface area contributed by atoms with Gasteiger partial charge in [0.15, 0.2) is 5.69 Å². The van der Waals surface area contributed by atoms with E-state index in [1.807, 2.05) is 13.8 Å². The molecule has 0 spiro atoms. The minimum Gasteiger partial charge on any atom is -0.368 e. The monoisotopic (exact) mass is 366 g/mol. The molecule has 2 heterocycles. The van der Waals surface area contributed by atoms with Crippen LogP contribution in [0, 0.1) is 13.8 Å². The first-order chi connectivity index (χ1) is 12.2. The van der Waals surface area contributed by atoms with E-state index < -0.39 is 17.8 Å². The van der Waals surface area contributed by atoms with Crippen LogP contribution in [0.5, 0.6) is 0 Å². The zero-order valence-electron chi connectivity index (χ0n) is 15.0. The van der Waals surface area contributed by atoms with E-state index in [1.54, 1.807) is 4.90 Å². The molecule has 0 radical (unpaired) electrons. The molecular formula is C18H21F3N4O. The summed E-state index contributed by atoms with van der Waals surface area (Å²) in [7, 11) is 1.19. The molecule has 8 heteroatoms. The van der Waals surface area contributed by atoms with Gasteiger partial charge in [0.25, 0.3) is 5.91 Å². The number of piperazine rings is 1. The second kappa shape index (κ2) is 6.66. The quantitative estimate of drug-likeness (QED) is 0.821. The summed E-state index contributed by atoms with van der Waals surface area (Å²) in [5, 5.41) is 3.75. The van der Waals surface area contributed by atoms with Crippen molar-refractivity contribution in [2.24, 2.45) is 7.05 Å². The highest BCUT2D eigenvalue weighted by atomic mass is 19.4. The van der Waals surface area contributed by atoms with Gasteiger partial charge < -0.3 is 9.80 Å². The minimum absolute atomic E-state index is 0.167. The molecule has 1 amide bonds. The predicted octanol–water partition coefficient (Wildman–Crippen LogP) is 3.02. The number of amides is 1. The standard InChI is InChI=1S/C18H21F3N4O/c1-12-4-5-13(2)15(10-12)24-6-8-25(9-7-24)17(26)14-11-16(18(19,20)21)23(3)22-14/h4-5,10-11H,6-9H2,1-3H3. The van der Waals surface area contributed by atoms with Crippen LogP contribution in [-0.4, -0.2) is 46.8 Å². The Labute approximate surface area is 150 Å². The Hall–Kier alpha value is -2.51. The zero-order valence-corrected chi connectivity index (χ0v) is 15.0. The lowest BCUT2D eigenvalue weighted by molar-refractivity contribution is -0.143. The van der Waals surface area contributed by atoms with Crippen LogP contribution in [0.25, 0.3) is 0 Å². The maximum atomic E-state index is 12.9. The van der Waals surface area contributed by atoms with Gasteiger partial charge in [0, 0.05) is 45.0 Å². The largest absolute Gasteiger partial charge is 0.433 e. The van der Waals surface area contributed by atoms with Gasteiger partial charge in [0.2, 0.25) is 0 Å². The van der Waals surface area contributed by atoms with Crippen molar-refractivity contribution < 1.29 is 18.0 Å². The lowest BCUT2D eigenvalue weighted by Gasteiger charge is -2.36. The number of rotatable bonds is 2. The average Bonchev–Trinajstić information content (AvgIpc) is 2.99. The Morgan fingerprint density at radius 3 is 2.31 bits per heavy atom. The number of carbonyl (C=O) groups is 1. The molecule has 0 atom stereocenters. The zero-order chi connectivity index (χ0) is 19.1. The fourth-order valence-electron chi connectivity index (χ4n) is 3.21. The lowest BCUT2D eigenvalue weighted by Crippen LogP contribution is -2.49. The first kappa shape index (κ1) is 18.3. The maximum absolute atomic E-state index is 12.9. The molecule has 1 aromatic heterocycles. The van der Waals surface area contributed by atoms with Gasteiger partial charge >= 0.3 is 6.18 Å². The van der Waals surface area contributed by atoms with E-state index in [4.69, 9.17) is 0 Å². The van der Waals surface area contributed by atoms with Crippen molar-refractivity contribution >= 4 is 11.6 Å². The van der Waals surface area contributed by atoms with E-state index in [0.717, 1.165) is 22.9 Å². The summed E-state index contributed by atoms with van der Waals surface area (Å²) in [6.07, 6.45) is -4.53. The van der Waals surface area contributed by atoms with E-state index >= 15 is 0 Å². The first-order valence-electron chi connectivity index (χ1n) is 8.39. The fraction of sp³-hybridized carbons (Fsp3) is 0.444. The van der Waals surface area contributed by atoms with Crippen molar-refractivity contribution in [1.29, 1.82) is 0 Å². The van der Waals surface area contributed by atoms with Crippen molar-refractivity contribution in [2.75, 3.05) is 31.1 Å². The van der Waals surface area contributed by atoms with Crippen molar-refractivity contribution in [3.63, 3.8) is 0 Å². The molecule has 140 valence electrons. The number of hydrogen-bond donors (Lipinski definition) is 0. The van der Waals surface area contributed by atoms with Gasteiger partial charge in [-0.25, -0.2) is 0 Å². The van der Waals surface area contributed by atoms with Gasteiger partial charge in [-0.2, -0.15) is 18.3 Å². The smallest absolute Gasteiger partial charge is 0.368 e. The molecule has 0 N–H and O–H groups in total. The number of benzene rings is 1.